The first-order valence-corrected chi connectivity index (χ1v) is 9.76. The molecule has 31 heavy (non-hydrogen) atoms. The topological polar surface area (TPSA) is 93.2 Å². The number of ether oxygens (including phenoxy) is 3. The maximum absolute atomic E-state index is 12.5. The maximum atomic E-state index is 12.5. The molecule has 0 aromatic heterocycles. The lowest BCUT2D eigenvalue weighted by atomic mass is 10.2. The van der Waals surface area contributed by atoms with Gasteiger partial charge in [-0.15, -0.1) is 24.0 Å². The van der Waals surface area contributed by atoms with Gasteiger partial charge in [-0.25, -0.2) is 4.79 Å². The third-order valence-corrected chi connectivity index (χ3v) is 3.52. The molecule has 0 aliphatic carbocycles. The SMILES string of the molecule is CCOc1cc(CNC(=NC)NCCCNC(=O)OC(C)(C)C)ccc1OC(F)F.I. The lowest BCUT2D eigenvalue weighted by Crippen LogP contribution is -2.39. The Morgan fingerprint density at radius 2 is 1.81 bits per heavy atom. The van der Waals surface area contributed by atoms with Crippen LogP contribution in [0.25, 0.3) is 0 Å². The van der Waals surface area contributed by atoms with Gasteiger partial charge in [0.25, 0.3) is 0 Å². The second-order valence-electron chi connectivity index (χ2n) is 7.23. The number of alkyl carbamates (subject to hydrolysis) is 1. The number of rotatable bonds is 10. The number of aliphatic imine (C=N–C) groups is 1. The molecular weight excluding hydrogens is 525 g/mol. The third-order valence-electron chi connectivity index (χ3n) is 3.52. The second-order valence-corrected chi connectivity index (χ2v) is 7.23. The van der Waals surface area contributed by atoms with Crippen molar-refractivity contribution in [3.63, 3.8) is 0 Å². The van der Waals surface area contributed by atoms with E-state index in [4.69, 9.17) is 9.47 Å². The van der Waals surface area contributed by atoms with E-state index in [1.807, 2.05) is 0 Å². The number of hydrogen-bond donors (Lipinski definition) is 3. The second kappa shape index (κ2) is 14.9. The molecule has 1 aromatic carbocycles. The highest BCUT2D eigenvalue weighted by molar-refractivity contribution is 14.0. The number of hydrogen-bond acceptors (Lipinski definition) is 5. The van der Waals surface area contributed by atoms with Gasteiger partial charge >= 0.3 is 12.7 Å². The fourth-order valence-electron chi connectivity index (χ4n) is 2.33. The zero-order valence-electron chi connectivity index (χ0n) is 18.6. The Morgan fingerprint density at radius 3 is 2.39 bits per heavy atom. The molecule has 0 atom stereocenters. The third kappa shape index (κ3) is 13.1. The average molecular weight is 558 g/mol. The van der Waals surface area contributed by atoms with Gasteiger partial charge in [0.05, 0.1) is 6.61 Å². The Bertz CT molecular complexity index is 700. The van der Waals surface area contributed by atoms with E-state index in [-0.39, 0.29) is 35.5 Å². The average Bonchev–Trinajstić information content (AvgIpc) is 2.64. The van der Waals surface area contributed by atoms with Crippen LogP contribution in [-0.2, 0) is 11.3 Å². The fourth-order valence-corrected chi connectivity index (χ4v) is 2.33. The number of carbonyl (C=O) groups is 1. The molecule has 0 unspecified atom stereocenters. The highest BCUT2D eigenvalue weighted by Crippen LogP contribution is 2.29. The molecule has 0 saturated heterocycles. The van der Waals surface area contributed by atoms with Crippen LogP contribution in [-0.4, -0.2) is 51.0 Å². The quantitative estimate of drug-likeness (QED) is 0.175. The fraction of sp³-hybridized carbons (Fsp3) is 0.600. The van der Waals surface area contributed by atoms with Gasteiger partial charge < -0.3 is 30.2 Å². The van der Waals surface area contributed by atoms with Gasteiger partial charge in [-0.05, 0) is 51.8 Å². The summed E-state index contributed by atoms with van der Waals surface area (Å²) in [5, 5.41) is 8.94. The highest BCUT2D eigenvalue weighted by atomic mass is 127. The summed E-state index contributed by atoms with van der Waals surface area (Å²) in [6, 6.07) is 4.77. The van der Waals surface area contributed by atoms with Crippen LogP contribution in [0, 0.1) is 0 Å². The minimum Gasteiger partial charge on any atom is -0.490 e. The summed E-state index contributed by atoms with van der Waals surface area (Å²) in [5.41, 5.74) is 0.287. The van der Waals surface area contributed by atoms with Crippen LogP contribution in [0.15, 0.2) is 23.2 Å². The van der Waals surface area contributed by atoms with E-state index >= 15 is 0 Å². The number of alkyl halides is 2. The number of amides is 1. The molecule has 11 heteroatoms. The minimum absolute atomic E-state index is 0. The van der Waals surface area contributed by atoms with Crippen LogP contribution in [0.1, 0.15) is 39.7 Å². The van der Waals surface area contributed by atoms with E-state index in [0.29, 0.717) is 38.6 Å². The van der Waals surface area contributed by atoms with Crippen LogP contribution in [0.5, 0.6) is 11.5 Å². The van der Waals surface area contributed by atoms with Crippen molar-refractivity contribution in [2.75, 3.05) is 26.7 Å². The van der Waals surface area contributed by atoms with Crippen LogP contribution >= 0.6 is 24.0 Å². The summed E-state index contributed by atoms with van der Waals surface area (Å²) in [6.45, 7) is 6.05. The van der Waals surface area contributed by atoms with Gasteiger partial charge in [-0.1, -0.05) is 6.07 Å². The highest BCUT2D eigenvalue weighted by Gasteiger charge is 2.15. The molecule has 8 nitrogen and oxygen atoms in total. The van der Waals surface area contributed by atoms with Gasteiger partial charge in [-0.2, -0.15) is 8.78 Å². The maximum Gasteiger partial charge on any atom is 0.407 e. The first kappa shape index (κ1) is 28.9. The van der Waals surface area contributed by atoms with E-state index in [1.54, 1.807) is 46.9 Å². The Kier molecular flexibility index (Phi) is 13.9. The molecule has 0 saturated carbocycles. The molecule has 3 N–H and O–H groups in total. The van der Waals surface area contributed by atoms with Crippen molar-refractivity contribution in [1.29, 1.82) is 0 Å². The smallest absolute Gasteiger partial charge is 0.407 e. The van der Waals surface area contributed by atoms with Crippen LogP contribution in [0.4, 0.5) is 13.6 Å². The van der Waals surface area contributed by atoms with Gasteiger partial charge in [0.1, 0.15) is 5.60 Å². The number of nitrogens with one attached hydrogen (secondary N) is 3. The van der Waals surface area contributed by atoms with Gasteiger partial charge in [0.2, 0.25) is 0 Å². The molecule has 0 spiro atoms. The van der Waals surface area contributed by atoms with E-state index in [1.165, 1.54) is 6.07 Å². The number of halogens is 3. The summed E-state index contributed by atoms with van der Waals surface area (Å²) >= 11 is 0. The first-order valence-electron chi connectivity index (χ1n) is 9.76. The van der Waals surface area contributed by atoms with Crippen molar-refractivity contribution in [1.82, 2.24) is 16.0 Å². The summed E-state index contributed by atoms with van der Waals surface area (Å²) in [7, 11) is 1.64. The Hall–Kier alpha value is -2.05. The molecule has 0 radical (unpaired) electrons. The van der Waals surface area contributed by atoms with Crippen molar-refractivity contribution in [2.24, 2.45) is 4.99 Å². The summed E-state index contributed by atoms with van der Waals surface area (Å²) in [5.74, 6) is 0.821. The number of guanidine groups is 1. The van der Waals surface area contributed by atoms with Crippen molar-refractivity contribution in [2.45, 2.75) is 52.9 Å². The predicted octanol–water partition coefficient (Wildman–Crippen LogP) is 3.88. The number of nitrogens with zero attached hydrogens (tertiary/aromatic N) is 1. The Morgan fingerprint density at radius 1 is 1.13 bits per heavy atom. The molecule has 0 aliphatic rings. The molecule has 0 heterocycles. The molecule has 1 rings (SSSR count). The van der Waals surface area contributed by atoms with Crippen molar-refractivity contribution < 1.29 is 27.8 Å². The van der Waals surface area contributed by atoms with E-state index < -0.39 is 18.3 Å². The summed E-state index contributed by atoms with van der Waals surface area (Å²) < 4.78 is 40.0. The van der Waals surface area contributed by atoms with Crippen LogP contribution in [0.2, 0.25) is 0 Å². The number of benzene rings is 1. The monoisotopic (exact) mass is 558 g/mol. The molecule has 0 bridgehead atoms. The van der Waals surface area contributed by atoms with Crippen LogP contribution in [0.3, 0.4) is 0 Å². The predicted molar refractivity (Wildman–Crippen MR) is 127 cm³/mol. The molecule has 0 fully saturated rings. The molecule has 178 valence electrons. The first-order chi connectivity index (χ1) is 14.1. The minimum atomic E-state index is -2.92. The number of carbonyl (C=O) groups excluding carboxylic acids is 1. The lowest BCUT2D eigenvalue weighted by Gasteiger charge is -2.19. The summed E-state index contributed by atoms with van der Waals surface area (Å²) in [6.07, 6.45) is 0.225. The normalized spacial score (nSPS) is 11.4. The Balaban J connectivity index is 0.00000900. The van der Waals surface area contributed by atoms with E-state index in [2.05, 4.69) is 25.7 Å². The molecule has 1 amide bonds. The van der Waals surface area contributed by atoms with Crippen molar-refractivity contribution >= 4 is 36.0 Å². The van der Waals surface area contributed by atoms with Gasteiger partial charge in [-0.3, -0.25) is 4.99 Å². The van der Waals surface area contributed by atoms with Crippen LogP contribution < -0.4 is 25.4 Å². The van der Waals surface area contributed by atoms with Crippen molar-refractivity contribution in [3.8, 4) is 11.5 Å². The summed E-state index contributed by atoms with van der Waals surface area (Å²) in [4.78, 5) is 15.7. The van der Waals surface area contributed by atoms with Gasteiger partial charge in [0.15, 0.2) is 17.5 Å². The standard InChI is InChI=1S/C20H32F2N4O4.HI/c1-6-28-16-12-14(8-9-15(16)29-17(21)22)13-26-18(23-5)24-10-7-11-25-19(27)30-20(2,3)4;/h8-9,12,17H,6-7,10-11,13H2,1-5H3,(H,25,27)(H2,23,24,26);1H. The Labute approximate surface area is 199 Å². The zero-order chi connectivity index (χ0) is 22.6. The molecule has 0 aliphatic heterocycles. The molecular formula is C20H33F2IN4O4. The van der Waals surface area contributed by atoms with Gasteiger partial charge in [0, 0.05) is 26.7 Å². The van der Waals surface area contributed by atoms with E-state index in [9.17, 15) is 13.6 Å². The zero-order valence-corrected chi connectivity index (χ0v) is 20.9. The van der Waals surface area contributed by atoms with E-state index in [0.717, 1.165) is 5.56 Å². The lowest BCUT2D eigenvalue weighted by molar-refractivity contribution is -0.0514. The molecule has 1 aromatic rings. The van der Waals surface area contributed by atoms with Crippen molar-refractivity contribution in [3.05, 3.63) is 23.8 Å². The largest absolute Gasteiger partial charge is 0.490 e.